The van der Waals surface area contributed by atoms with Crippen LogP contribution in [0.4, 0.5) is 4.79 Å². The minimum Gasteiger partial charge on any atom is -0.305 e. The fourth-order valence-corrected chi connectivity index (χ4v) is 3.19. The maximum absolute atomic E-state index is 12.2. The van der Waals surface area contributed by atoms with E-state index in [9.17, 15) is 4.79 Å². The Labute approximate surface area is 156 Å². The predicted octanol–water partition coefficient (Wildman–Crippen LogP) is 5.11. The van der Waals surface area contributed by atoms with E-state index in [0.29, 0.717) is 17.2 Å². The molecule has 0 radical (unpaired) electrons. The SMILES string of the molecule is O=C1NC(=Cc2cccc(Br)c2)C(=S)N1Cc1ccc(Br)cc1. The highest BCUT2D eigenvalue weighted by Crippen LogP contribution is 2.20. The molecular weight excluding hydrogens is 440 g/mol. The third-order valence-corrected chi connectivity index (χ3v) is 4.84. The zero-order chi connectivity index (χ0) is 16.4. The number of hydrogen-bond donors (Lipinski definition) is 1. The molecule has 0 saturated carbocycles. The normalized spacial score (nSPS) is 16.1. The number of nitrogens with zero attached hydrogens (tertiary/aromatic N) is 1. The van der Waals surface area contributed by atoms with E-state index in [2.05, 4.69) is 37.2 Å². The Hall–Kier alpha value is -1.50. The molecule has 2 aromatic rings. The van der Waals surface area contributed by atoms with E-state index in [1.165, 1.54) is 0 Å². The summed E-state index contributed by atoms with van der Waals surface area (Å²) in [5.74, 6) is 0. The molecule has 1 aliphatic heterocycles. The van der Waals surface area contributed by atoms with Crippen LogP contribution in [0.15, 0.2) is 63.2 Å². The van der Waals surface area contributed by atoms with Crippen molar-refractivity contribution in [3.8, 4) is 0 Å². The number of benzene rings is 2. The Kier molecular flexibility index (Phi) is 4.94. The molecule has 2 amide bonds. The first-order valence-corrected chi connectivity index (χ1v) is 8.87. The first-order valence-electron chi connectivity index (χ1n) is 6.87. The Balaban J connectivity index is 1.81. The van der Waals surface area contributed by atoms with Crippen LogP contribution in [0, 0.1) is 0 Å². The summed E-state index contributed by atoms with van der Waals surface area (Å²) >= 11 is 12.3. The number of carbonyl (C=O) groups excluding carboxylic acids is 1. The molecule has 1 fully saturated rings. The smallest absolute Gasteiger partial charge is 0.305 e. The van der Waals surface area contributed by atoms with Gasteiger partial charge in [-0.3, -0.25) is 4.90 Å². The van der Waals surface area contributed by atoms with Gasteiger partial charge in [-0.25, -0.2) is 4.79 Å². The molecule has 1 heterocycles. The second kappa shape index (κ2) is 6.95. The van der Waals surface area contributed by atoms with Gasteiger partial charge in [0, 0.05) is 8.95 Å². The second-order valence-corrected chi connectivity index (χ2v) is 7.28. The number of carbonyl (C=O) groups is 1. The van der Waals surface area contributed by atoms with Crippen LogP contribution in [0.2, 0.25) is 0 Å². The maximum atomic E-state index is 12.2. The lowest BCUT2D eigenvalue weighted by molar-refractivity contribution is 0.228. The molecule has 1 aliphatic rings. The van der Waals surface area contributed by atoms with Crippen molar-refractivity contribution in [2.75, 3.05) is 0 Å². The van der Waals surface area contributed by atoms with Gasteiger partial charge in [0.05, 0.1) is 12.2 Å². The second-order valence-electron chi connectivity index (χ2n) is 5.06. The van der Waals surface area contributed by atoms with Crippen LogP contribution in [-0.4, -0.2) is 15.9 Å². The fourth-order valence-electron chi connectivity index (χ4n) is 2.25. The summed E-state index contributed by atoms with van der Waals surface area (Å²) in [5.41, 5.74) is 2.65. The van der Waals surface area contributed by atoms with Crippen molar-refractivity contribution < 1.29 is 4.79 Å². The van der Waals surface area contributed by atoms with Crippen molar-refractivity contribution in [1.82, 2.24) is 10.2 Å². The number of nitrogens with one attached hydrogen (secondary N) is 1. The van der Waals surface area contributed by atoms with Gasteiger partial charge in [0.25, 0.3) is 0 Å². The highest BCUT2D eigenvalue weighted by atomic mass is 79.9. The molecule has 6 heteroatoms. The van der Waals surface area contributed by atoms with Crippen LogP contribution in [-0.2, 0) is 6.54 Å². The largest absolute Gasteiger partial charge is 0.327 e. The maximum Gasteiger partial charge on any atom is 0.327 e. The van der Waals surface area contributed by atoms with Gasteiger partial charge in [0.1, 0.15) is 4.99 Å². The zero-order valence-electron chi connectivity index (χ0n) is 11.9. The quantitative estimate of drug-likeness (QED) is 0.519. The van der Waals surface area contributed by atoms with E-state index in [4.69, 9.17) is 12.2 Å². The summed E-state index contributed by atoms with van der Waals surface area (Å²) in [4.78, 5) is 14.3. The lowest BCUT2D eigenvalue weighted by Gasteiger charge is -2.14. The van der Waals surface area contributed by atoms with Gasteiger partial charge in [0.15, 0.2) is 0 Å². The predicted molar refractivity (Wildman–Crippen MR) is 103 cm³/mol. The third kappa shape index (κ3) is 3.88. The summed E-state index contributed by atoms with van der Waals surface area (Å²) in [5, 5.41) is 2.84. The molecule has 0 aromatic heterocycles. The Bertz CT molecular complexity index is 802. The van der Waals surface area contributed by atoms with E-state index in [1.807, 2.05) is 54.6 Å². The fraction of sp³-hybridized carbons (Fsp3) is 0.0588. The molecule has 0 spiro atoms. The van der Waals surface area contributed by atoms with Crippen LogP contribution < -0.4 is 5.32 Å². The monoisotopic (exact) mass is 450 g/mol. The number of rotatable bonds is 3. The van der Waals surface area contributed by atoms with Gasteiger partial charge in [-0.2, -0.15) is 0 Å². The topological polar surface area (TPSA) is 32.3 Å². The number of thiocarbonyl (C=S) groups is 1. The molecule has 0 atom stereocenters. The number of hydrogen-bond acceptors (Lipinski definition) is 2. The van der Waals surface area contributed by atoms with E-state index in [0.717, 1.165) is 20.1 Å². The first-order chi connectivity index (χ1) is 11.0. The number of halogens is 2. The molecular formula is C17H12Br2N2OS. The van der Waals surface area contributed by atoms with Gasteiger partial charge >= 0.3 is 6.03 Å². The van der Waals surface area contributed by atoms with E-state index < -0.39 is 0 Å². The van der Waals surface area contributed by atoms with Crippen LogP contribution in [0.25, 0.3) is 6.08 Å². The van der Waals surface area contributed by atoms with Crippen LogP contribution >= 0.6 is 44.1 Å². The molecule has 3 nitrogen and oxygen atoms in total. The summed E-state index contributed by atoms with van der Waals surface area (Å²) in [6.07, 6.45) is 1.88. The highest BCUT2D eigenvalue weighted by molar-refractivity contribution is 9.10. The van der Waals surface area contributed by atoms with Gasteiger partial charge in [-0.15, -0.1) is 0 Å². The standard InChI is InChI=1S/C17H12Br2N2OS/c18-13-6-4-11(5-7-13)10-21-16(23)15(20-17(21)22)9-12-2-1-3-14(19)8-12/h1-9H,10H2,(H,20,22). The van der Waals surface area contributed by atoms with Crippen molar-refractivity contribution in [2.24, 2.45) is 0 Å². The average molecular weight is 452 g/mol. The van der Waals surface area contributed by atoms with Crippen molar-refractivity contribution >= 4 is 61.2 Å². The number of amides is 2. The van der Waals surface area contributed by atoms with Crippen LogP contribution in [0.1, 0.15) is 11.1 Å². The third-order valence-electron chi connectivity index (χ3n) is 3.38. The molecule has 0 unspecified atom stereocenters. The van der Waals surface area contributed by atoms with Gasteiger partial charge in [-0.1, -0.05) is 68.3 Å². The van der Waals surface area contributed by atoms with Crippen molar-refractivity contribution in [3.63, 3.8) is 0 Å². The Morgan fingerprint density at radius 3 is 2.52 bits per heavy atom. The summed E-state index contributed by atoms with van der Waals surface area (Å²) < 4.78 is 1.98. The molecule has 116 valence electrons. The van der Waals surface area contributed by atoms with E-state index >= 15 is 0 Å². The lowest BCUT2D eigenvalue weighted by Crippen LogP contribution is -2.29. The summed E-state index contributed by atoms with van der Waals surface area (Å²) in [6, 6.07) is 15.5. The van der Waals surface area contributed by atoms with Crippen molar-refractivity contribution in [1.29, 1.82) is 0 Å². The van der Waals surface area contributed by atoms with Gasteiger partial charge in [0.2, 0.25) is 0 Å². The average Bonchev–Trinajstić information content (AvgIpc) is 2.77. The molecule has 1 saturated heterocycles. The lowest BCUT2D eigenvalue weighted by atomic mass is 10.2. The zero-order valence-corrected chi connectivity index (χ0v) is 15.9. The highest BCUT2D eigenvalue weighted by Gasteiger charge is 2.29. The summed E-state index contributed by atoms with van der Waals surface area (Å²) in [7, 11) is 0. The number of urea groups is 1. The summed E-state index contributed by atoms with van der Waals surface area (Å²) in [6.45, 7) is 0.452. The molecule has 2 aromatic carbocycles. The van der Waals surface area contributed by atoms with Crippen LogP contribution in [0.5, 0.6) is 0 Å². The molecule has 0 bridgehead atoms. The van der Waals surface area contributed by atoms with Crippen LogP contribution in [0.3, 0.4) is 0 Å². The van der Waals surface area contributed by atoms with Crippen molar-refractivity contribution in [2.45, 2.75) is 6.54 Å². The van der Waals surface area contributed by atoms with Gasteiger partial charge in [-0.05, 0) is 41.5 Å². The Morgan fingerprint density at radius 1 is 1.09 bits per heavy atom. The molecule has 3 rings (SSSR count). The Morgan fingerprint density at radius 2 is 1.83 bits per heavy atom. The van der Waals surface area contributed by atoms with E-state index in [1.54, 1.807) is 4.90 Å². The van der Waals surface area contributed by atoms with Crippen molar-refractivity contribution in [3.05, 3.63) is 74.3 Å². The van der Waals surface area contributed by atoms with Gasteiger partial charge < -0.3 is 5.32 Å². The molecule has 0 aliphatic carbocycles. The minimum absolute atomic E-state index is 0.195. The first kappa shape index (κ1) is 16.4. The van der Waals surface area contributed by atoms with E-state index in [-0.39, 0.29) is 6.03 Å². The minimum atomic E-state index is -0.195. The molecule has 23 heavy (non-hydrogen) atoms. The molecule has 1 N–H and O–H groups in total.